The van der Waals surface area contributed by atoms with Crippen LogP contribution in [0.2, 0.25) is 0 Å². The van der Waals surface area contributed by atoms with Gasteiger partial charge in [-0.3, -0.25) is 9.97 Å². The Morgan fingerprint density at radius 3 is 2.44 bits per heavy atom. The summed E-state index contributed by atoms with van der Waals surface area (Å²) >= 11 is 3.57. The van der Waals surface area contributed by atoms with Crippen molar-refractivity contribution in [1.82, 2.24) is 24.8 Å². The Morgan fingerprint density at radius 2 is 1.72 bits per heavy atom. The molecule has 2 aromatic heterocycles. The summed E-state index contributed by atoms with van der Waals surface area (Å²) in [6.45, 7) is 10.2. The fraction of sp³-hybridized carbons (Fsp3) is 0.419. The molecular weight excluding hydrogens is 627 g/mol. The SMILES string of the molecule is COc1cc(N2CCC(N3CCCC3)CC2)c(C)cc1Nc1ncc(Br)c(Nc2ccc3nccnc3c2P(C)(C)=O)n1. The van der Waals surface area contributed by atoms with Crippen LogP contribution in [0, 0.1) is 6.92 Å². The van der Waals surface area contributed by atoms with E-state index in [0.29, 0.717) is 44.3 Å². The first-order chi connectivity index (χ1) is 20.7. The standard InChI is InChI=1S/C31H38BrN8O2P/c1-20-17-25(27(42-2)18-26(20)40-15-9-21(10-16-40)39-13-5-6-14-39)37-31-35-19-22(32)30(38-31)36-24-8-7-23-28(34-12-11-33-23)29(24)43(3,4)41/h7-8,11-12,17-19,21H,5-6,9-10,13-16H2,1-4H3,(H2,35,36,37,38). The predicted molar refractivity (Wildman–Crippen MR) is 179 cm³/mol. The van der Waals surface area contributed by atoms with Gasteiger partial charge in [0.1, 0.15) is 24.2 Å². The third kappa shape index (κ3) is 6.35. The molecule has 0 unspecified atom stereocenters. The van der Waals surface area contributed by atoms with E-state index in [0.717, 1.165) is 24.5 Å². The molecule has 4 heterocycles. The quantitative estimate of drug-likeness (QED) is 0.208. The number of halogens is 1. The van der Waals surface area contributed by atoms with Crippen LogP contribution in [0.15, 0.2) is 47.3 Å². The smallest absolute Gasteiger partial charge is 0.229 e. The molecule has 0 atom stereocenters. The van der Waals surface area contributed by atoms with Crippen molar-refractivity contribution in [2.24, 2.45) is 0 Å². The Bertz CT molecular complexity index is 1680. The number of benzene rings is 2. The molecule has 0 saturated carbocycles. The molecule has 10 nitrogen and oxygen atoms in total. The van der Waals surface area contributed by atoms with Crippen LogP contribution < -0.4 is 25.6 Å². The lowest BCUT2D eigenvalue weighted by molar-refractivity contribution is 0.208. The van der Waals surface area contributed by atoms with Gasteiger partial charge in [-0.1, -0.05) is 0 Å². The number of fused-ring (bicyclic) bond motifs is 1. The third-order valence-electron chi connectivity index (χ3n) is 8.38. The van der Waals surface area contributed by atoms with Gasteiger partial charge in [-0.2, -0.15) is 4.98 Å². The molecular formula is C31H38BrN8O2P. The zero-order valence-corrected chi connectivity index (χ0v) is 27.6. The first-order valence-corrected chi connectivity index (χ1v) is 18.1. The maximum Gasteiger partial charge on any atom is 0.229 e. The van der Waals surface area contributed by atoms with Crippen molar-refractivity contribution in [1.29, 1.82) is 0 Å². The molecule has 43 heavy (non-hydrogen) atoms. The summed E-state index contributed by atoms with van der Waals surface area (Å²) in [5.74, 6) is 1.67. The van der Waals surface area contributed by atoms with E-state index in [9.17, 15) is 4.57 Å². The van der Waals surface area contributed by atoms with Gasteiger partial charge >= 0.3 is 0 Å². The maximum absolute atomic E-state index is 13.4. The molecule has 0 bridgehead atoms. The molecule has 0 amide bonds. The van der Waals surface area contributed by atoms with E-state index in [1.54, 1.807) is 39.0 Å². The number of hydrogen-bond donors (Lipinski definition) is 2. The van der Waals surface area contributed by atoms with Crippen LogP contribution in [0.3, 0.4) is 0 Å². The van der Waals surface area contributed by atoms with Crippen molar-refractivity contribution >= 4 is 68.2 Å². The average Bonchev–Trinajstić information content (AvgIpc) is 3.54. The number of aromatic nitrogens is 4. The molecule has 2 aliphatic heterocycles. The number of piperidine rings is 1. The van der Waals surface area contributed by atoms with Gasteiger partial charge in [0.15, 0.2) is 0 Å². The van der Waals surface area contributed by atoms with E-state index in [4.69, 9.17) is 9.72 Å². The zero-order valence-electron chi connectivity index (χ0n) is 25.1. The second-order valence-corrected chi connectivity index (χ2v) is 15.7. The van der Waals surface area contributed by atoms with Gasteiger partial charge in [-0.25, -0.2) is 4.98 Å². The zero-order chi connectivity index (χ0) is 30.1. The molecule has 2 aromatic carbocycles. The van der Waals surface area contributed by atoms with E-state index in [2.05, 4.69) is 70.4 Å². The molecule has 2 saturated heterocycles. The Kier molecular flexibility index (Phi) is 8.58. The number of anilines is 5. The lowest BCUT2D eigenvalue weighted by Crippen LogP contribution is -2.44. The molecule has 6 rings (SSSR count). The molecule has 2 aliphatic rings. The van der Waals surface area contributed by atoms with Crippen LogP contribution in [0.4, 0.5) is 28.8 Å². The third-order valence-corrected chi connectivity index (χ3v) is 10.5. The van der Waals surface area contributed by atoms with E-state index in [-0.39, 0.29) is 0 Å². The van der Waals surface area contributed by atoms with Crippen molar-refractivity contribution in [3.05, 3.63) is 52.9 Å². The second-order valence-electron chi connectivity index (χ2n) is 11.7. The molecule has 4 aromatic rings. The molecule has 0 aliphatic carbocycles. The Hall–Kier alpha value is -3.27. The largest absolute Gasteiger partial charge is 0.494 e. The van der Waals surface area contributed by atoms with Gasteiger partial charge in [0, 0.05) is 49.5 Å². The van der Waals surface area contributed by atoms with Crippen LogP contribution in [0.25, 0.3) is 11.0 Å². The number of nitrogens with one attached hydrogen (secondary N) is 2. The number of likely N-dealkylation sites (tertiary alicyclic amines) is 1. The Morgan fingerprint density at radius 1 is 0.977 bits per heavy atom. The predicted octanol–water partition coefficient (Wildman–Crippen LogP) is 6.30. The van der Waals surface area contributed by atoms with Crippen LogP contribution in [0.5, 0.6) is 5.75 Å². The van der Waals surface area contributed by atoms with Gasteiger partial charge in [-0.15, -0.1) is 0 Å². The van der Waals surface area contributed by atoms with Crippen molar-refractivity contribution in [2.45, 2.75) is 38.6 Å². The number of ether oxygens (including phenoxy) is 1. The van der Waals surface area contributed by atoms with Gasteiger partial charge in [0.25, 0.3) is 0 Å². The molecule has 12 heteroatoms. The summed E-state index contributed by atoms with van der Waals surface area (Å²) in [7, 11) is -1.04. The Balaban J connectivity index is 1.24. The monoisotopic (exact) mass is 664 g/mol. The first-order valence-electron chi connectivity index (χ1n) is 14.7. The van der Waals surface area contributed by atoms with Crippen LogP contribution >= 0.6 is 23.1 Å². The fourth-order valence-electron chi connectivity index (χ4n) is 6.29. The van der Waals surface area contributed by atoms with E-state index in [1.807, 2.05) is 12.1 Å². The second kappa shape index (κ2) is 12.4. The van der Waals surface area contributed by atoms with Crippen molar-refractivity contribution in [2.75, 3.05) is 62.2 Å². The summed E-state index contributed by atoms with van der Waals surface area (Å²) in [5, 5.41) is 7.35. The maximum atomic E-state index is 13.4. The van der Waals surface area contributed by atoms with E-state index < -0.39 is 7.14 Å². The fourth-order valence-corrected chi connectivity index (χ4v) is 7.98. The van der Waals surface area contributed by atoms with Crippen molar-refractivity contribution in [3.63, 3.8) is 0 Å². The topological polar surface area (TPSA) is 108 Å². The molecule has 2 fully saturated rings. The summed E-state index contributed by atoms with van der Waals surface area (Å²) in [4.78, 5) is 23.3. The number of methoxy groups -OCH3 is 1. The molecule has 0 spiro atoms. The van der Waals surface area contributed by atoms with Crippen molar-refractivity contribution in [3.8, 4) is 5.75 Å². The Labute approximate surface area is 261 Å². The summed E-state index contributed by atoms with van der Waals surface area (Å²) in [5.41, 5.74) is 5.14. The van der Waals surface area contributed by atoms with E-state index >= 15 is 0 Å². The van der Waals surface area contributed by atoms with Crippen LogP contribution in [-0.2, 0) is 4.57 Å². The molecule has 2 N–H and O–H groups in total. The number of aryl methyl sites for hydroxylation is 1. The first kappa shape index (κ1) is 29.8. The minimum atomic E-state index is -2.72. The minimum Gasteiger partial charge on any atom is -0.494 e. The molecule has 0 radical (unpaired) electrons. The number of nitrogens with zero attached hydrogens (tertiary/aromatic N) is 6. The van der Waals surface area contributed by atoms with Gasteiger partial charge < -0.3 is 29.7 Å². The number of hydrogen-bond acceptors (Lipinski definition) is 10. The molecule has 226 valence electrons. The van der Waals surface area contributed by atoms with E-state index in [1.165, 1.54) is 50.0 Å². The van der Waals surface area contributed by atoms with Gasteiger partial charge in [0.05, 0.1) is 33.8 Å². The summed E-state index contributed by atoms with van der Waals surface area (Å²) in [6, 6.07) is 8.66. The number of rotatable bonds is 8. The highest BCUT2D eigenvalue weighted by atomic mass is 79.9. The van der Waals surface area contributed by atoms with Gasteiger partial charge in [-0.05, 0) is 98.7 Å². The normalized spacial score (nSPS) is 16.5. The highest BCUT2D eigenvalue weighted by Gasteiger charge is 2.28. The van der Waals surface area contributed by atoms with Crippen molar-refractivity contribution < 1.29 is 9.30 Å². The average molecular weight is 666 g/mol. The highest BCUT2D eigenvalue weighted by molar-refractivity contribution is 9.10. The summed E-state index contributed by atoms with van der Waals surface area (Å²) < 4.78 is 19.9. The lowest BCUT2D eigenvalue weighted by atomic mass is 10.0. The minimum absolute atomic E-state index is 0.404. The highest BCUT2D eigenvalue weighted by Crippen LogP contribution is 2.41. The van der Waals surface area contributed by atoms with Crippen LogP contribution in [-0.4, -0.2) is 77.5 Å². The lowest BCUT2D eigenvalue weighted by Gasteiger charge is -2.38. The van der Waals surface area contributed by atoms with Gasteiger partial charge in [0.2, 0.25) is 5.95 Å². The summed E-state index contributed by atoms with van der Waals surface area (Å²) in [6.07, 6.45) is 10.0. The van der Waals surface area contributed by atoms with Crippen LogP contribution in [0.1, 0.15) is 31.2 Å².